The predicted molar refractivity (Wildman–Crippen MR) is 100.0 cm³/mol. The largest absolute Gasteiger partial charge is 0.493 e. The van der Waals surface area contributed by atoms with Crippen molar-refractivity contribution >= 4 is 15.9 Å². The van der Waals surface area contributed by atoms with E-state index in [4.69, 9.17) is 9.47 Å². The lowest BCUT2D eigenvalue weighted by Gasteiger charge is -2.31. The third-order valence-electron chi connectivity index (χ3n) is 4.82. The van der Waals surface area contributed by atoms with Crippen LogP contribution in [0.25, 0.3) is 0 Å². The second-order valence-corrected chi connectivity index (χ2v) is 8.74. The number of hydrogen-bond donors (Lipinski definition) is 1. The minimum atomic E-state index is -3.27. The average molecular weight is 384 g/mol. The number of nitrogens with one attached hydrogen (secondary N) is 1. The molecule has 0 bridgehead atoms. The quantitative estimate of drug-likeness (QED) is 0.809. The molecule has 0 saturated carbocycles. The zero-order chi connectivity index (χ0) is 19.5. The highest BCUT2D eigenvalue weighted by Gasteiger charge is 2.31. The second kappa shape index (κ2) is 8.26. The van der Waals surface area contributed by atoms with Gasteiger partial charge in [0.1, 0.15) is 0 Å². The summed E-state index contributed by atoms with van der Waals surface area (Å²) in [5.41, 5.74) is 1.92. The van der Waals surface area contributed by atoms with Gasteiger partial charge in [-0.2, -0.15) is 0 Å². The third-order valence-corrected chi connectivity index (χ3v) is 6.09. The molecule has 26 heavy (non-hydrogen) atoms. The third kappa shape index (κ3) is 4.67. The lowest BCUT2D eigenvalue weighted by atomic mass is 9.96. The van der Waals surface area contributed by atoms with E-state index in [1.165, 1.54) is 10.6 Å². The van der Waals surface area contributed by atoms with Gasteiger partial charge in [-0.3, -0.25) is 4.79 Å². The fourth-order valence-corrected chi connectivity index (χ4v) is 4.24. The molecule has 1 aliphatic heterocycles. The van der Waals surface area contributed by atoms with E-state index in [0.717, 1.165) is 11.1 Å². The second-order valence-electron chi connectivity index (χ2n) is 6.75. The topological polar surface area (TPSA) is 84.9 Å². The number of methoxy groups -OCH3 is 2. The van der Waals surface area contributed by atoms with Crippen LogP contribution >= 0.6 is 0 Å². The Morgan fingerprint density at radius 2 is 1.88 bits per heavy atom. The minimum Gasteiger partial charge on any atom is -0.493 e. The number of nitrogens with zero attached hydrogens (tertiary/aromatic N) is 1. The highest BCUT2D eigenvalue weighted by atomic mass is 32.2. The first-order valence-electron chi connectivity index (χ1n) is 8.65. The normalized spacial score (nSPS) is 19.7. The molecular weight excluding hydrogens is 356 g/mol. The van der Waals surface area contributed by atoms with Gasteiger partial charge in [0, 0.05) is 13.1 Å². The van der Waals surface area contributed by atoms with Crippen molar-refractivity contribution in [3.05, 3.63) is 23.3 Å². The molecule has 1 aromatic rings. The van der Waals surface area contributed by atoms with Crippen molar-refractivity contribution in [3.8, 4) is 11.5 Å². The maximum absolute atomic E-state index is 12.7. The van der Waals surface area contributed by atoms with Crippen LogP contribution in [0.3, 0.4) is 0 Å². The van der Waals surface area contributed by atoms with Gasteiger partial charge in [0.15, 0.2) is 11.5 Å². The van der Waals surface area contributed by atoms with Gasteiger partial charge in [-0.25, -0.2) is 12.7 Å². The number of hydrogen-bond acceptors (Lipinski definition) is 5. The van der Waals surface area contributed by atoms with Gasteiger partial charge in [-0.05, 0) is 49.9 Å². The minimum absolute atomic E-state index is 0.125. The predicted octanol–water partition coefficient (Wildman–Crippen LogP) is 1.86. The van der Waals surface area contributed by atoms with E-state index in [2.05, 4.69) is 5.32 Å². The average Bonchev–Trinajstić information content (AvgIpc) is 2.60. The first-order chi connectivity index (χ1) is 12.2. The van der Waals surface area contributed by atoms with Crippen molar-refractivity contribution < 1.29 is 22.7 Å². The zero-order valence-electron chi connectivity index (χ0n) is 16.0. The molecule has 0 aliphatic carbocycles. The summed E-state index contributed by atoms with van der Waals surface area (Å²) in [7, 11) is -0.120. The monoisotopic (exact) mass is 384 g/mol. The van der Waals surface area contributed by atoms with Crippen molar-refractivity contribution in [2.75, 3.05) is 33.6 Å². The van der Waals surface area contributed by atoms with E-state index >= 15 is 0 Å². The smallest absolute Gasteiger partial charge is 0.224 e. The molecule has 1 heterocycles. The van der Waals surface area contributed by atoms with Crippen LogP contribution < -0.4 is 14.8 Å². The molecular formula is C18H28N2O5S. The van der Waals surface area contributed by atoms with Crippen LogP contribution in [-0.4, -0.2) is 52.2 Å². The molecule has 1 aliphatic rings. The molecule has 2 unspecified atom stereocenters. The molecule has 1 N–H and O–H groups in total. The molecule has 1 saturated heterocycles. The SMILES string of the molecule is COc1cc(C)c(C(C)NC(=O)C2CCCN(S(C)(=O)=O)C2)cc1OC. The van der Waals surface area contributed by atoms with E-state index in [-0.39, 0.29) is 24.4 Å². The fourth-order valence-electron chi connectivity index (χ4n) is 3.33. The van der Waals surface area contributed by atoms with Crippen molar-refractivity contribution in [3.63, 3.8) is 0 Å². The number of carbonyl (C=O) groups excluding carboxylic acids is 1. The highest BCUT2D eigenvalue weighted by molar-refractivity contribution is 7.88. The summed E-state index contributed by atoms with van der Waals surface area (Å²) in [6.45, 7) is 4.57. The Balaban J connectivity index is 2.12. The Morgan fingerprint density at radius 1 is 1.27 bits per heavy atom. The number of benzene rings is 1. The standard InChI is InChI=1S/C18H28N2O5S/c1-12-9-16(24-3)17(25-4)10-15(12)13(2)19-18(21)14-7-6-8-20(11-14)26(5,22)23/h9-10,13-14H,6-8,11H2,1-5H3,(H,19,21). The molecule has 7 nitrogen and oxygen atoms in total. The van der Waals surface area contributed by atoms with Crippen molar-refractivity contribution in [1.29, 1.82) is 0 Å². The molecule has 1 amide bonds. The number of aryl methyl sites for hydroxylation is 1. The maximum Gasteiger partial charge on any atom is 0.224 e. The maximum atomic E-state index is 12.7. The molecule has 2 rings (SSSR count). The van der Waals surface area contributed by atoms with Crippen LogP contribution in [-0.2, 0) is 14.8 Å². The van der Waals surface area contributed by atoms with Gasteiger partial charge in [0.2, 0.25) is 15.9 Å². The number of carbonyl (C=O) groups is 1. The molecule has 0 spiro atoms. The van der Waals surface area contributed by atoms with Gasteiger partial charge in [-0.1, -0.05) is 0 Å². The van der Waals surface area contributed by atoms with Gasteiger partial charge < -0.3 is 14.8 Å². The van der Waals surface area contributed by atoms with E-state index < -0.39 is 10.0 Å². The van der Waals surface area contributed by atoms with Crippen LogP contribution in [0, 0.1) is 12.8 Å². The van der Waals surface area contributed by atoms with Crippen LogP contribution in [0.1, 0.15) is 36.9 Å². The Labute approximate surface area is 155 Å². The summed E-state index contributed by atoms with van der Waals surface area (Å²) < 4.78 is 35.5. The Kier molecular flexibility index (Phi) is 6.52. The highest BCUT2D eigenvalue weighted by Crippen LogP contribution is 2.33. The number of piperidine rings is 1. The van der Waals surface area contributed by atoms with E-state index in [0.29, 0.717) is 30.9 Å². The fraction of sp³-hybridized carbons (Fsp3) is 0.611. The van der Waals surface area contributed by atoms with Crippen LogP contribution in [0.4, 0.5) is 0 Å². The van der Waals surface area contributed by atoms with Crippen LogP contribution in [0.5, 0.6) is 11.5 Å². The van der Waals surface area contributed by atoms with Crippen LogP contribution in [0.15, 0.2) is 12.1 Å². The number of ether oxygens (including phenoxy) is 2. The summed E-state index contributed by atoms with van der Waals surface area (Å²) >= 11 is 0. The van der Waals surface area contributed by atoms with Crippen LogP contribution in [0.2, 0.25) is 0 Å². The molecule has 1 aromatic carbocycles. The first kappa shape index (κ1) is 20.5. The summed E-state index contributed by atoms with van der Waals surface area (Å²) in [4.78, 5) is 12.7. The lowest BCUT2D eigenvalue weighted by molar-refractivity contribution is -0.126. The van der Waals surface area contributed by atoms with Gasteiger partial charge in [0.25, 0.3) is 0 Å². The summed E-state index contributed by atoms with van der Waals surface area (Å²) in [6.07, 6.45) is 2.56. The van der Waals surface area contributed by atoms with E-state index in [1.54, 1.807) is 14.2 Å². The molecule has 8 heteroatoms. The summed E-state index contributed by atoms with van der Waals surface area (Å²) in [6, 6.07) is 3.52. The van der Waals surface area contributed by atoms with Crippen molar-refractivity contribution in [2.45, 2.75) is 32.7 Å². The molecule has 0 aromatic heterocycles. The van der Waals surface area contributed by atoms with Gasteiger partial charge in [-0.15, -0.1) is 0 Å². The van der Waals surface area contributed by atoms with Gasteiger partial charge in [0.05, 0.1) is 32.4 Å². The molecule has 146 valence electrons. The van der Waals surface area contributed by atoms with Gasteiger partial charge >= 0.3 is 0 Å². The number of amides is 1. The molecule has 2 atom stereocenters. The molecule has 0 radical (unpaired) electrons. The zero-order valence-corrected chi connectivity index (χ0v) is 16.9. The number of sulfonamides is 1. The first-order valence-corrected chi connectivity index (χ1v) is 10.5. The van der Waals surface area contributed by atoms with E-state index in [9.17, 15) is 13.2 Å². The molecule has 1 fully saturated rings. The van der Waals surface area contributed by atoms with Crippen molar-refractivity contribution in [2.24, 2.45) is 5.92 Å². The van der Waals surface area contributed by atoms with E-state index in [1.807, 2.05) is 26.0 Å². The summed E-state index contributed by atoms with van der Waals surface area (Å²) in [5.74, 6) is 0.792. The lowest BCUT2D eigenvalue weighted by Crippen LogP contribution is -2.45. The Morgan fingerprint density at radius 3 is 2.46 bits per heavy atom. The summed E-state index contributed by atoms with van der Waals surface area (Å²) in [5, 5.41) is 3.01. The Hall–Kier alpha value is -1.80. The van der Waals surface area contributed by atoms with Crippen molar-refractivity contribution in [1.82, 2.24) is 9.62 Å². The number of rotatable bonds is 6. The Bertz CT molecular complexity index is 763.